The zero-order valence-corrected chi connectivity index (χ0v) is 12.0. The van der Waals surface area contributed by atoms with E-state index in [4.69, 9.17) is 5.73 Å². The third-order valence-corrected chi connectivity index (χ3v) is 3.93. The van der Waals surface area contributed by atoms with Gasteiger partial charge in [0.15, 0.2) is 0 Å². The van der Waals surface area contributed by atoms with Gasteiger partial charge in [-0.1, -0.05) is 12.1 Å². The number of hydrogen-bond donors (Lipinski definition) is 1. The van der Waals surface area contributed by atoms with Crippen LogP contribution in [0.1, 0.15) is 27.8 Å². The highest BCUT2D eigenvalue weighted by molar-refractivity contribution is 5.76. The fourth-order valence-corrected chi connectivity index (χ4v) is 2.58. The van der Waals surface area contributed by atoms with E-state index in [1.807, 2.05) is 0 Å². The zero-order valence-electron chi connectivity index (χ0n) is 12.0. The Hall–Kier alpha value is -1.67. The third kappa shape index (κ3) is 2.41. The van der Waals surface area contributed by atoms with Crippen LogP contribution < -0.4 is 5.73 Å². The van der Waals surface area contributed by atoms with E-state index >= 15 is 0 Å². The number of rotatable bonds is 2. The van der Waals surface area contributed by atoms with E-state index in [0.717, 1.165) is 16.7 Å². The van der Waals surface area contributed by atoms with Gasteiger partial charge in [-0.25, -0.2) is 4.39 Å². The first-order valence-corrected chi connectivity index (χ1v) is 6.52. The van der Waals surface area contributed by atoms with Gasteiger partial charge < -0.3 is 5.73 Å². The maximum atomic E-state index is 13.6. The van der Waals surface area contributed by atoms with Crippen LogP contribution in [-0.4, -0.2) is 0 Å². The van der Waals surface area contributed by atoms with Crippen LogP contribution in [0.4, 0.5) is 4.39 Å². The quantitative estimate of drug-likeness (QED) is 0.858. The Morgan fingerprint density at radius 3 is 2.05 bits per heavy atom. The molecule has 2 aromatic rings. The Labute approximate surface area is 114 Å². The molecule has 0 aliphatic carbocycles. The van der Waals surface area contributed by atoms with Crippen molar-refractivity contribution in [1.29, 1.82) is 0 Å². The molecule has 0 atom stereocenters. The largest absolute Gasteiger partial charge is 0.326 e. The van der Waals surface area contributed by atoms with Crippen molar-refractivity contribution in [2.75, 3.05) is 0 Å². The van der Waals surface area contributed by atoms with Gasteiger partial charge in [0, 0.05) is 6.54 Å². The number of benzene rings is 2. The fourth-order valence-electron chi connectivity index (χ4n) is 2.58. The standard InChI is InChI=1S/C17H20FN/c1-10-7-11(2)13(4)17(12(10)3)16-8-15(18)6-5-14(16)9-19/h5-8H,9,19H2,1-4H3. The lowest BCUT2D eigenvalue weighted by molar-refractivity contribution is 0.627. The molecule has 0 aliphatic heterocycles. The summed E-state index contributed by atoms with van der Waals surface area (Å²) in [5.74, 6) is -0.217. The van der Waals surface area contributed by atoms with Gasteiger partial charge in [-0.3, -0.25) is 0 Å². The van der Waals surface area contributed by atoms with E-state index in [1.165, 1.54) is 28.3 Å². The summed E-state index contributed by atoms with van der Waals surface area (Å²) in [6.07, 6.45) is 0. The van der Waals surface area contributed by atoms with Crippen molar-refractivity contribution in [1.82, 2.24) is 0 Å². The molecule has 2 N–H and O–H groups in total. The van der Waals surface area contributed by atoms with Crippen molar-refractivity contribution in [3.63, 3.8) is 0 Å². The molecule has 0 radical (unpaired) electrons. The Kier molecular flexibility index (Phi) is 3.72. The number of nitrogens with two attached hydrogens (primary N) is 1. The van der Waals surface area contributed by atoms with Crippen LogP contribution in [0.3, 0.4) is 0 Å². The highest BCUT2D eigenvalue weighted by atomic mass is 19.1. The number of halogens is 1. The van der Waals surface area contributed by atoms with Crippen molar-refractivity contribution in [3.8, 4) is 11.1 Å². The summed E-state index contributed by atoms with van der Waals surface area (Å²) in [7, 11) is 0. The molecule has 0 aliphatic rings. The SMILES string of the molecule is Cc1cc(C)c(C)c(-c2cc(F)ccc2CN)c1C. The average Bonchev–Trinajstić information content (AvgIpc) is 2.37. The van der Waals surface area contributed by atoms with E-state index in [0.29, 0.717) is 6.54 Å². The summed E-state index contributed by atoms with van der Waals surface area (Å²) in [5.41, 5.74) is 13.7. The summed E-state index contributed by atoms with van der Waals surface area (Å²) in [6, 6.07) is 7.02. The van der Waals surface area contributed by atoms with Gasteiger partial charge in [-0.05, 0) is 78.8 Å². The van der Waals surface area contributed by atoms with E-state index in [2.05, 4.69) is 33.8 Å². The highest BCUT2D eigenvalue weighted by Crippen LogP contribution is 2.34. The minimum Gasteiger partial charge on any atom is -0.326 e. The molecular formula is C17H20FN. The first-order valence-electron chi connectivity index (χ1n) is 6.52. The lowest BCUT2D eigenvalue weighted by atomic mass is 9.87. The van der Waals surface area contributed by atoms with E-state index in [9.17, 15) is 4.39 Å². The molecular weight excluding hydrogens is 237 g/mol. The smallest absolute Gasteiger partial charge is 0.123 e. The van der Waals surface area contributed by atoms with Crippen molar-refractivity contribution in [2.45, 2.75) is 34.2 Å². The van der Waals surface area contributed by atoms with E-state index < -0.39 is 0 Å². The second-order valence-corrected chi connectivity index (χ2v) is 5.14. The van der Waals surface area contributed by atoms with Crippen LogP contribution in [0.15, 0.2) is 24.3 Å². The molecule has 0 spiro atoms. The number of aryl methyl sites for hydroxylation is 2. The second kappa shape index (κ2) is 5.14. The maximum Gasteiger partial charge on any atom is 0.123 e. The summed E-state index contributed by atoms with van der Waals surface area (Å²) in [6.45, 7) is 8.77. The summed E-state index contributed by atoms with van der Waals surface area (Å²) >= 11 is 0. The Morgan fingerprint density at radius 1 is 0.947 bits per heavy atom. The van der Waals surface area contributed by atoms with Gasteiger partial charge in [0.1, 0.15) is 5.82 Å². The van der Waals surface area contributed by atoms with Crippen molar-refractivity contribution < 1.29 is 4.39 Å². The predicted molar refractivity (Wildman–Crippen MR) is 78.7 cm³/mol. The van der Waals surface area contributed by atoms with Crippen LogP contribution in [0.25, 0.3) is 11.1 Å². The van der Waals surface area contributed by atoms with Gasteiger partial charge >= 0.3 is 0 Å². The molecule has 0 saturated heterocycles. The zero-order chi connectivity index (χ0) is 14.2. The van der Waals surface area contributed by atoms with Gasteiger partial charge in [0.05, 0.1) is 0 Å². The minimum atomic E-state index is -0.217. The van der Waals surface area contributed by atoms with E-state index in [-0.39, 0.29) is 5.82 Å². The first kappa shape index (κ1) is 13.8. The molecule has 100 valence electrons. The molecule has 0 aromatic heterocycles. The highest BCUT2D eigenvalue weighted by Gasteiger charge is 2.14. The lowest BCUT2D eigenvalue weighted by Crippen LogP contribution is -2.03. The minimum absolute atomic E-state index is 0.217. The Balaban J connectivity index is 2.82. The molecule has 2 aromatic carbocycles. The van der Waals surface area contributed by atoms with Crippen LogP contribution in [0, 0.1) is 33.5 Å². The Morgan fingerprint density at radius 2 is 1.53 bits per heavy atom. The normalized spacial score (nSPS) is 10.8. The molecule has 0 heterocycles. The molecule has 0 amide bonds. The lowest BCUT2D eigenvalue weighted by Gasteiger charge is -2.18. The van der Waals surface area contributed by atoms with E-state index in [1.54, 1.807) is 12.1 Å². The van der Waals surface area contributed by atoms with Crippen LogP contribution in [0.2, 0.25) is 0 Å². The maximum absolute atomic E-state index is 13.6. The van der Waals surface area contributed by atoms with Gasteiger partial charge in [0.25, 0.3) is 0 Å². The first-order chi connectivity index (χ1) is 8.95. The van der Waals surface area contributed by atoms with Gasteiger partial charge in [-0.2, -0.15) is 0 Å². The predicted octanol–water partition coefficient (Wildman–Crippen LogP) is 4.19. The molecule has 0 fully saturated rings. The van der Waals surface area contributed by atoms with Crippen molar-refractivity contribution in [3.05, 3.63) is 57.9 Å². The summed E-state index contributed by atoms with van der Waals surface area (Å²) in [5, 5.41) is 0. The summed E-state index contributed by atoms with van der Waals surface area (Å²) < 4.78 is 13.6. The molecule has 1 nitrogen and oxygen atoms in total. The second-order valence-electron chi connectivity index (χ2n) is 5.14. The molecule has 19 heavy (non-hydrogen) atoms. The Bertz CT molecular complexity index is 603. The average molecular weight is 257 g/mol. The monoisotopic (exact) mass is 257 g/mol. The van der Waals surface area contributed by atoms with Crippen LogP contribution in [-0.2, 0) is 6.54 Å². The fraction of sp³-hybridized carbons (Fsp3) is 0.294. The van der Waals surface area contributed by atoms with Crippen molar-refractivity contribution in [2.24, 2.45) is 5.73 Å². The third-order valence-electron chi connectivity index (χ3n) is 3.93. The molecule has 0 bridgehead atoms. The van der Waals surface area contributed by atoms with Gasteiger partial charge in [-0.15, -0.1) is 0 Å². The van der Waals surface area contributed by atoms with Gasteiger partial charge in [0.2, 0.25) is 0 Å². The van der Waals surface area contributed by atoms with Crippen LogP contribution >= 0.6 is 0 Å². The number of hydrogen-bond acceptors (Lipinski definition) is 1. The topological polar surface area (TPSA) is 26.0 Å². The summed E-state index contributed by atoms with van der Waals surface area (Å²) in [4.78, 5) is 0. The molecule has 0 saturated carbocycles. The molecule has 2 rings (SSSR count). The molecule has 0 unspecified atom stereocenters. The van der Waals surface area contributed by atoms with Crippen LogP contribution in [0.5, 0.6) is 0 Å². The van der Waals surface area contributed by atoms with Crippen molar-refractivity contribution >= 4 is 0 Å². The molecule has 2 heteroatoms.